The van der Waals surface area contributed by atoms with Crippen LogP contribution in [0.15, 0.2) is 83.3 Å². The Kier molecular flexibility index (Phi) is 10.4. The number of rotatable bonds is 12. The quantitative estimate of drug-likeness (QED) is 0.303. The van der Waals surface area contributed by atoms with Gasteiger partial charge in [0.05, 0.1) is 19.1 Å². The lowest BCUT2D eigenvalue weighted by molar-refractivity contribution is -0.140. The van der Waals surface area contributed by atoms with E-state index in [2.05, 4.69) is 21.2 Å². The van der Waals surface area contributed by atoms with Crippen LogP contribution >= 0.6 is 15.9 Å². The molecule has 4 rings (SSSR count). The summed E-state index contributed by atoms with van der Waals surface area (Å²) in [6.07, 6.45) is 5.25. The number of anilines is 1. The predicted octanol–water partition coefficient (Wildman–Crippen LogP) is 4.92. The topological polar surface area (TPSA) is 96.0 Å². The Balaban J connectivity index is 1.74. The molecule has 41 heavy (non-hydrogen) atoms. The summed E-state index contributed by atoms with van der Waals surface area (Å²) in [6, 6.07) is 22.9. The molecule has 3 aromatic carbocycles. The molecule has 1 N–H and O–H groups in total. The van der Waals surface area contributed by atoms with Crippen LogP contribution in [0.1, 0.15) is 36.8 Å². The maximum atomic E-state index is 14.2. The Bertz CT molecular complexity index is 1440. The van der Waals surface area contributed by atoms with Gasteiger partial charge in [-0.1, -0.05) is 83.4 Å². The summed E-state index contributed by atoms with van der Waals surface area (Å²) in [5.41, 5.74) is 1.96. The normalized spacial score (nSPS) is 14.3. The Labute approximate surface area is 250 Å². The average molecular weight is 643 g/mol. The van der Waals surface area contributed by atoms with Crippen LogP contribution in [0, 0.1) is 0 Å². The lowest BCUT2D eigenvalue weighted by Crippen LogP contribution is -2.54. The third-order valence-corrected chi connectivity index (χ3v) is 8.87. The molecule has 2 amide bonds. The number of benzene rings is 3. The summed E-state index contributed by atoms with van der Waals surface area (Å²) in [4.78, 5) is 29.6. The first kappa shape index (κ1) is 30.6. The van der Waals surface area contributed by atoms with Crippen LogP contribution < -0.4 is 14.4 Å². The van der Waals surface area contributed by atoms with Crippen LogP contribution in [0.25, 0.3) is 0 Å². The highest BCUT2D eigenvalue weighted by Gasteiger charge is 2.34. The molecule has 8 nitrogen and oxygen atoms in total. The van der Waals surface area contributed by atoms with Crippen LogP contribution in [0.5, 0.6) is 5.75 Å². The molecule has 0 radical (unpaired) electrons. The van der Waals surface area contributed by atoms with E-state index in [0.29, 0.717) is 5.75 Å². The van der Waals surface area contributed by atoms with Gasteiger partial charge in [0, 0.05) is 23.5 Å². The summed E-state index contributed by atoms with van der Waals surface area (Å²) in [6.45, 7) is -0.368. The molecule has 0 bridgehead atoms. The number of amides is 2. The zero-order chi connectivity index (χ0) is 29.4. The van der Waals surface area contributed by atoms with E-state index in [9.17, 15) is 18.0 Å². The summed E-state index contributed by atoms with van der Waals surface area (Å²) < 4.78 is 33.3. The molecule has 1 fully saturated rings. The molecule has 0 aliphatic heterocycles. The number of hydrogen-bond acceptors (Lipinski definition) is 5. The molecule has 0 aromatic heterocycles. The van der Waals surface area contributed by atoms with Crippen molar-refractivity contribution in [1.29, 1.82) is 0 Å². The lowest BCUT2D eigenvalue weighted by atomic mass is 10.0. The Morgan fingerprint density at radius 1 is 0.976 bits per heavy atom. The number of carbonyl (C=O) groups excluding carboxylic acids is 2. The average Bonchev–Trinajstić information content (AvgIpc) is 3.46. The third kappa shape index (κ3) is 8.33. The van der Waals surface area contributed by atoms with E-state index in [1.807, 2.05) is 54.6 Å². The van der Waals surface area contributed by atoms with Gasteiger partial charge in [-0.15, -0.1) is 0 Å². The molecule has 0 heterocycles. The smallest absolute Gasteiger partial charge is 0.244 e. The van der Waals surface area contributed by atoms with E-state index in [1.165, 1.54) is 12.0 Å². The van der Waals surface area contributed by atoms with Crippen molar-refractivity contribution < 1.29 is 22.7 Å². The van der Waals surface area contributed by atoms with Crippen molar-refractivity contribution >= 4 is 43.5 Å². The number of sulfonamides is 1. The first-order valence-electron chi connectivity index (χ1n) is 13.6. The predicted molar refractivity (Wildman–Crippen MR) is 164 cm³/mol. The Morgan fingerprint density at radius 2 is 1.63 bits per heavy atom. The van der Waals surface area contributed by atoms with Crippen LogP contribution in [0.4, 0.5) is 5.69 Å². The zero-order valence-electron chi connectivity index (χ0n) is 23.3. The number of methoxy groups -OCH3 is 1. The van der Waals surface area contributed by atoms with Gasteiger partial charge in [0.15, 0.2) is 0 Å². The first-order chi connectivity index (χ1) is 19.7. The summed E-state index contributed by atoms with van der Waals surface area (Å²) in [5.74, 6) is -0.416. The number of hydrogen-bond donors (Lipinski definition) is 1. The number of halogens is 1. The van der Waals surface area contributed by atoms with Gasteiger partial charge in [0.2, 0.25) is 21.8 Å². The largest absolute Gasteiger partial charge is 0.495 e. The van der Waals surface area contributed by atoms with Crippen LogP contribution in [-0.2, 0) is 32.6 Å². The Morgan fingerprint density at radius 3 is 2.29 bits per heavy atom. The highest BCUT2D eigenvalue weighted by molar-refractivity contribution is 9.10. The number of ether oxygens (including phenoxy) is 1. The van der Waals surface area contributed by atoms with Gasteiger partial charge in [-0.25, -0.2) is 8.42 Å². The fourth-order valence-electron chi connectivity index (χ4n) is 5.18. The maximum absolute atomic E-state index is 14.2. The molecule has 1 aliphatic carbocycles. The van der Waals surface area contributed by atoms with Crippen LogP contribution in [0.3, 0.4) is 0 Å². The first-order valence-corrected chi connectivity index (χ1v) is 16.3. The number of carbonyl (C=O) groups is 2. The van der Waals surface area contributed by atoms with Crippen molar-refractivity contribution in [1.82, 2.24) is 10.2 Å². The summed E-state index contributed by atoms with van der Waals surface area (Å²) >= 11 is 3.50. The molecule has 10 heteroatoms. The SMILES string of the molecule is COc1ccccc1N(CC(=O)N(Cc1cccc(Br)c1)[C@H](Cc1ccccc1)C(=O)NC1CCCC1)S(C)(=O)=O. The minimum Gasteiger partial charge on any atom is -0.495 e. The molecule has 3 aromatic rings. The standard InChI is InChI=1S/C31H36BrN3O5S/c1-40-29-18-9-8-17-27(29)35(41(2,38)39)22-30(36)34(21-24-13-10-14-25(32)19-24)28(20-23-11-4-3-5-12-23)31(37)33-26-15-6-7-16-26/h3-5,8-14,17-19,26,28H,6-7,15-16,20-22H2,1-2H3,(H,33,37)/t28-/m1/s1. The van der Waals surface area contributed by atoms with Crippen LogP contribution in [-0.4, -0.2) is 57.1 Å². The summed E-state index contributed by atoms with van der Waals surface area (Å²) in [5, 5.41) is 3.17. The fourth-order valence-corrected chi connectivity index (χ4v) is 6.48. The van der Waals surface area contributed by atoms with Crippen molar-refractivity contribution in [3.63, 3.8) is 0 Å². The monoisotopic (exact) mass is 641 g/mol. The van der Waals surface area contributed by atoms with Crippen molar-refractivity contribution in [3.8, 4) is 5.75 Å². The van der Waals surface area contributed by atoms with Crippen molar-refractivity contribution in [2.75, 3.05) is 24.2 Å². The van der Waals surface area contributed by atoms with Gasteiger partial charge in [-0.05, 0) is 48.2 Å². The van der Waals surface area contributed by atoms with Gasteiger partial charge < -0.3 is 15.0 Å². The van der Waals surface area contributed by atoms with Gasteiger partial charge in [0.25, 0.3) is 0 Å². The second-order valence-electron chi connectivity index (χ2n) is 10.3. The van der Waals surface area contributed by atoms with Crippen molar-refractivity contribution in [2.45, 2.75) is 50.7 Å². The van der Waals surface area contributed by atoms with E-state index in [4.69, 9.17) is 4.74 Å². The minimum atomic E-state index is -3.88. The van der Waals surface area contributed by atoms with E-state index >= 15 is 0 Å². The van der Waals surface area contributed by atoms with E-state index in [0.717, 1.165) is 51.8 Å². The molecular weight excluding hydrogens is 606 g/mol. The molecule has 0 saturated heterocycles. The second-order valence-corrected chi connectivity index (χ2v) is 13.1. The molecule has 218 valence electrons. The summed E-state index contributed by atoms with van der Waals surface area (Å²) in [7, 11) is -2.44. The molecule has 1 atom stereocenters. The molecule has 1 aliphatic rings. The molecule has 0 unspecified atom stereocenters. The van der Waals surface area contributed by atoms with Gasteiger partial charge >= 0.3 is 0 Å². The maximum Gasteiger partial charge on any atom is 0.244 e. The number of nitrogens with zero attached hydrogens (tertiary/aromatic N) is 2. The van der Waals surface area contributed by atoms with E-state index in [1.54, 1.807) is 24.3 Å². The van der Waals surface area contributed by atoms with Gasteiger partial charge in [0.1, 0.15) is 18.3 Å². The molecular formula is C31H36BrN3O5S. The lowest BCUT2D eigenvalue weighted by Gasteiger charge is -2.34. The number of nitrogens with one attached hydrogen (secondary N) is 1. The van der Waals surface area contributed by atoms with E-state index in [-0.39, 0.29) is 30.6 Å². The van der Waals surface area contributed by atoms with Crippen molar-refractivity contribution in [3.05, 3.63) is 94.5 Å². The Hall–Kier alpha value is -3.37. The number of para-hydroxylation sites is 2. The second kappa shape index (κ2) is 14.0. The molecule has 0 spiro atoms. The van der Waals surface area contributed by atoms with Gasteiger partial charge in [-0.2, -0.15) is 0 Å². The third-order valence-electron chi connectivity index (χ3n) is 7.25. The van der Waals surface area contributed by atoms with Crippen LogP contribution in [0.2, 0.25) is 0 Å². The molecule has 1 saturated carbocycles. The fraction of sp³-hybridized carbons (Fsp3) is 0.355. The van der Waals surface area contributed by atoms with Crippen molar-refractivity contribution in [2.24, 2.45) is 0 Å². The zero-order valence-corrected chi connectivity index (χ0v) is 25.7. The van der Waals surface area contributed by atoms with Gasteiger partial charge in [-0.3, -0.25) is 13.9 Å². The van der Waals surface area contributed by atoms with E-state index < -0.39 is 28.5 Å². The highest BCUT2D eigenvalue weighted by atomic mass is 79.9. The highest BCUT2D eigenvalue weighted by Crippen LogP contribution is 2.30. The minimum absolute atomic E-state index is 0.0599.